The smallest absolute Gasteiger partial charge is 0.227 e. The van der Waals surface area contributed by atoms with Crippen molar-refractivity contribution in [1.82, 2.24) is 25.3 Å². The van der Waals surface area contributed by atoms with Crippen LogP contribution in [0.15, 0.2) is 12.4 Å². The molecule has 118 valence electrons. The van der Waals surface area contributed by atoms with Gasteiger partial charge in [0.15, 0.2) is 0 Å². The predicted molar refractivity (Wildman–Crippen MR) is 84.4 cm³/mol. The fraction of sp³-hybridized carbons (Fsp3) is 0.571. The van der Waals surface area contributed by atoms with E-state index in [1.807, 2.05) is 6.20 Å². The van der Waals surface area contributed by atoms with Gasteiger partial charge in [-0.15, -0.1) is 10.2 Å². The molecular formula is C14H20N6OS. The molecule has 3 rings (SSSR count). The third kappa shape index (κ3) is 3.62. The van der Waals surface area contributed by atoms with E-state index in [4.69, 9.17) is 5.73 Å². The molecule has 0 aromatic carbocycles. The van der Waals surface area contributed by atoms with Gasteiger partial charge in [0.25, 0.3) is 0 Å². The molecule has 1 fully saturated rings. The minimum Gasteiger partial charge on any atom is -0.374 e. The fourth-order valence-electron chi connectivity index (χ4n) is 2.87. The molecule has 7 nitrogen and oxygen atoms in total. The first-order valence-corrected chi connectivity index (χ1v) is 8.30. The van der Waals surface area contributed by atoms with E-state index in [0.717, 1.165) is 25.7 Å². The maximum absolute atomic E-state index is 12.0. The first kappa shape index (κ1) is 15.0. The van der Waals surface area contributed by atoms with Crippen LogP contribution in [0.3, 0.4) is 0 Å². The van der Waals surface area contributed by atoms with Crippen molar-refractivity contribution in [2.75, 3.05) is 5.73 Å². The van der Waals surface area contributed by atoms with Crippen molar-refractivity contribution in [3.05, 3.63) is 23.0 Å². The molecule has 0 aliphatic heterocycles. The molecule has 1 amide bonds. The van der Waals surface area contributed by atoms with Crippen molar-refractivity contribution in [3.63, 3.8) is 0 Å². The van der Waals surface area contributed by atoms with Gasteiger partial charge in [0.1, 0.15) is 5.01 Å². The van der Waals surface area contributed by atoms with Crippen molar-refractivity contribution in [3.8, 4) is 0 Å². The van der Waals surface area contributed by atoms with Crippen LogP contribution in [-0.2, 0) is 11.2 Å². The Kier molecular flexibility index (Phi) is 4.37. The van der Waals surface area contributed by atoms with Crippen LogP contribution < -0.4 is 11.1 Å². The Bertz CT molecular complexity index is 643. The van der Waals surface area contributed by atoms with Crippen molar-refractivity contribution in [2.24, 2.45) is 0 Å². The van der Waals surface area contributed by atoms with Crippen molar-refractivity contribution >= 4 is 22.4 Å². The van der Waals surface area contributed by atoms with Crippen molar-refractivity contribution < 1.29 is 4.79 Å². The highest BCUT2D eigenvalue weighted by atomic mass is 32.1. The maximum Gasteiger partial charge on any atom is 0.227 e. The highest BCUT2D eigenvalue weighted by molar-refractivity contribution is 7.15. The van der Waals surface area contributed by atoms with E-state index >= 15 is 0 Å². The third-order valence-electron chi connectivity index (χ3n) is 3.96. The van der Waals surface area contributed by atoms with Crippen LogP contribution in [-0.4, -0.2) is 31.9 Å². The lowest BCUT2D eigenvalue weighted by Gasteiger charge is -2.29. The van der Waals surface area contributed by atoms with Crippen LogP contribution in [0.5, 0.6) is 0 Å². The van der Waals surface area contributed by atoms with Gasteiger partial charge in [0.05, 0.1) is 18.7 Å². The molecule has 0 radical (unpaired) electrons. The van der Waals surface area contributed by atoms with Gasteiger partial charge in [-0.05, 0) is 38.2 Å². The molecule has 22 heavy (non-hydrogen) atoms. The molecular weight excluding hydrogens is 300 g/mol. The second kappa shape index (κ2) is 6.43. The van der Waals surface area contributed by atoms with E-state index in [1.54, 1.807) is 0 Å². The van der Waals surface area contributed by atoms with Crippen molar-refractivity contribution in [2.45, 2.75) is 51.1 Å². The Morgan fingerprint density at radius 2 is 2.18 bits per heavy atom. The summed E-state index contributed by atoms with van der Waals surface area (Å²) >= 11 is 1.26. The minimum absolute atomic E-state index is 0.00506. The Balaban J connectivity index is 1.46. The summed E-state index contributed by atoms with van der Waals surface area (Å²) in [6.07, 6.45) is 8.27. The number of nitrogens with one attached hydrogen (secondary N) is 1. The quantitative estimate of drug-likeness (QED) is 0.889. The zero-order valence-electron chi connectivity index (χ0n) is 12.5. The number of rotatable bonds is 4. The lowest BCUT2D eigenvalue weighted by atomic mass is 9.91. The maximum atomic E-state index is 12.0. The average Bonchev–Trinajstić information content (AvgIpc) is 3.08. The van der Waals surface area contributed by atoms with Gasteiger partial charge in [-0.1, -0.05) is 11.3 Å². The van der Waals surface area contributed by atoms with E-state index in [-0.39, 0.29) is 18.4 Å². The van der Waals surface area contributed by atoms with E-state index in [9.17, 15) is 4.79 Å². The van der Waals surface area contributed by atoms with Crippen molar-refractivity contribution in [1.29, 1.82) is 0 Å². The summed E-state index contributed by atoms with van der Waals surface area (Å²) < 4.78 is 2.05. The highest BCUT2D eigenvalue weighted by Crippen LogP contribution is 2.28. The number of carbonyl (C=O) groups is 1. The van der Waals surface area contributed by atoms with Gasteiger partial charge in [-0.2, -0.15) is 5.10 Å². The van der Waals surface area contributed by atoms with E-state index in [2.05, 4.69) is 38.4 Å². The molecule has 0 atom stereocenters. The van der Waals surface area contributed by atoms with Crippen LogP contribution >= 0.6 is 11.3 Å². The number of nitrogens with two attached hydrogens (primary N) is 1. The number of hydrogen-bond acceptors (Lipinski definition) is 6. The normalized spacial score (nSPS) is 21.7. The summed E-state index contributed by atoms with van der Waals surface area (Å²) in [5.41, 5.74) is 6.70. The molecule has 0 unspecified atom stereocenters. The van der Waals surface area contributed by atoms with E-state index < -0.39 is 0 Å². The number of nitrogen functional groups attached to an aromatic ring is 1. The first-order chi connectivity index (χ1) is 10.6. The van der Waals surface area contributed by atoms with Crippen LogP contribution in [0.25, 0.3) is 0 Å². The fourth-order valence-corrected chi connectivity index (χ4v) is 3.48. The lowest BCUT2D eigenvalue weighted by molar-refractivity contribution is -0.121. The third-order valence-corrected chi connectivity index (χ3v) is 4.71. The molecule has 1 aliphatic carbocycles. The molecule has 1 aliphatic rings. The minimum atomic E-state index is -0.00506. The molecule has 0 bridgehead atoms. The number of carbonyl (C=O) groups excluding carboxylic acids is 1. The molecule has 2 heterocycles. The number of amides is 1. The summed E-state index contributed by atoms with van der Waals surface area (Å²) in [6, 6.07) is 0.690. The molecule has 2 aromatic rings. The zero-order chi connectivity index (χ0) is 15.5. The molecule has 0 saturated heterocycles. The predicted octanol–water partition coefficient (Wildman–Crippen LogP) is 1.47. The van der Waals surface area contributed by atoms with Crippen LogP contribution in [0.1, 0.15) is 42.3 Å². The first-order valence-electron chi connectivity index (χ1n) is 7.48. The highest BCUT2D eigenvalue weighted by Gasteiger charge is 2.24. The molecule has 3 N–H and O–H groups in total. The number of anilines is 1. The summed E-state index contributed by atoms with van der Waals surface area (Å²) in [5, 5.41) is 16.1. The largest absolute Gasteiger partial charge is 0.374 e. The Morgan fingerprint density at radius 3 is 2.77 bits per heavy atom. The number of hydrogen-bond donors (Lipinski definition) is 2. The summed E-state index contributed by atoms with van der Waals surface area (Å²) in [5.74, 6) is -0.00506. The summed E-state index contributed by atoms with van der Waals surface area (Å²) in [7, 11) is 0. The summed E-state index contributed by atoms with van der Waals surface area (Å²) in [4.78, 5) is 12.0. The zero-order valence-corrected chi connectivity index (χ0v) is 13.3. The monoisotopic (exact) mass is 320 g/mol. The Labute approximate surface area is 132 Å². The standard InChI is InChI=1S/C14H20N6OS/c1-9-7-16-20(8-9)11-4-2-10(3-5-11)17-12(21)6-13-18-19-14(15)22-13/h7-8,10-11H,2-6H2,1H3,(H2,15,19)(H,17,21). The van der Waals surface area contributed by atoms with Crippen LogP contribution in [0.4, 0.5) is 5.13 Å². The molecule has 0 spiro atoms. The number of aryl methyl sites for hydroxylation is 1. The van der Waals surface area contributed by atoms with E-state index in [0.29, 0.717) is 16.2 Å². The topological polar surface area (TPSA) is 98.7 Å². The van der Waals surface area contributed by atoms with Gasteiger partial charge in [-0.25, -0.2) is 0 Å². The Morgan fingerprint density at radius 1 is 1.41 bits per heavy atom. The SMILES string of the molecule is Cc1cnn(C2CCC(NC(=O)Cc3nnc(N)s3)CC2)c1. The molecule has 1 saturated carbocycles. The van der Waals surface area contributed by atoms with Gasteiger partial charge in [-0.3, -0.25) is 9.48 Å². The average molecular weight is 320 g/mol. The number of nitrogens with zero attached hydrogens (tertiary/aromatic N) is 4. The second-order valence-electron chi connectivity index (χ2n) is 5.78. The number of aromatic nitrogens is 4. The summed E-state index contributed by atoms with van der Waals surface area (Å²) in [6.45, 7) is 2.05. The van der Waals surface area contributed by atoms with Gasteiger partial charge in [0, 0.05) is 12.2 Å². The van der Waals surface area contributed by atoms with Gasteiger partial charge in [0.2, 0.25) is 11.0 Å². The molecule has 2 aromatic heterocycles. The van der Waals surface area contributed by atoms with Crippen LogP contribution in [0, 0.1) is 6.92 Å². The lowest BCUT2D eigenvalue weighted by Crippen LogP contribution is -2.38. The van der Waals surface area contributed by atoms with Gasteiger partial charge < -0.3 is 11.1 Å². The van der Waals surface area contributed by atoms with Crippen LogP contribution in [0.2, 0.25) is 0 Å². The van der Waals surface area contributed by atoms with E-state index in [1.165, 1.54) is 16.9 Å². The molecule has 8 heteroatoms. The van der Waals surface area contributed by atoms with Gasteiger partial charge >= 0.3 is 0 Å². The Hall–Kier alpha value is -1.96. The second-order valence-corrected chi connectivity index (χ2v) is 6.88.